The zero-order chi connectivity index (χ0) is 12.4. The van der Waals surface area contributed by atoms with E-state index in [4.69, 9.17) is 16.7 Å². The van der Waals surface area contributed by atoms with Gasteiger partial charge in [-0.2, -0.15) is 0 Å². The number of nitrogens with zero attached hydrogens (tertiary/aromatic N) is 1. The summed E-state index contributed by atoms with van der Waals surface area (Å²) in [6.45, 7) is 1.63. The molecule has 0 spiro atoms. The summed E-state index contributed by atoms with van der Waals surface area (Å²) in [7, 11) is 0. The molecular formula is C12H10ClNO2S. The number of hydrogen-bond acceptors (Lipinski definition) is 3. The second kappa shape index (κ2) is 4.85. The smallest absolute Gasteiger partial charge is 0.313 e. The highest BCUT2D eigenvalue weighted by Gasteiger charge is 2.17. The second-order valence-corrected chi connectivity index (χ2v) is 4.96. The van der Waals surface area contributed by atoms with Gasteiger partial charge in [0.2, 0.25) is 0 Å². The topological polar surface area (TPSA) is 50.2 Å². The fourth-order valence-electron chi connectivity index (χ4n) is 1.35. The Morgan fingerprint density at radius 1 is 1.41 bits per heavy atom. The number of hydrogen-bond donors (Lipinski definition) is 1. The first-order chi connectivity index (χ1) is 8.08. The van der Waals surface area contributed by atoms with Crippen LogP contribution in [0, 0.1) is 0 Å². The van der Waals surface area contributed by atoms with E-state index in [2.05, 4.69) is 4.98 Å². The Hall–Kier alpha value is -1.39. The molecular weight excluding hydrogens is 258 g/mol. The van der Waals surface area contributed by atoms with Crippen molar-refractivity contribution < 1.29 is 9.90 Å². The Morgan fingerprint density at radius 2 is 2.06 bits per heavy atom. The maximum absolute atomic E-state index is 10.8. The standard InChI is InChI=1S/C12H10ClNO2S/c1-7(12(15)16)11-14-10(6-17-11)8-2-4-9(13)5-3-8/h2-7H,1H3,(H,15,16). The van der Waals surface area contributed by atoms with Gasteiger partial charge in [0.25, 0.3) is 0 Å². The Bertz CT molecular complexity index is 536. The fourth-order valence-corrected chi connectivity index (χ4v) is 2.35. The van der Waals surface area contributed by atoms with E-state index in [0.717, 1.165) is 11.3 Å². The van der Waals surface area contributed by atoms with Gasteiger partial charge < -0.3 is 5.11 Å². The van der Waals surface area contributed by atoms with Crippen LogP contribution >= 0.6 is 22.9 Å². The van der Waals surface area contributed by atoms with Crippen molar-refractivity contribution in [1.29, 1.82) is 0 Å². The Balaban J connectivity index is 2.29. The lowest BCUT2D eigenvalue weighted by molar-refractivity contribution is -0.138. The van der Waals surface area contributed by atoms with Crippen LogP contribution in [0.4, 0.5) is 0 Å². The van der Waals surface area contributed by atoms with Crippen LogP contribution in [0.1, 0.15) is 17.8 Å². The van der Waals surface area contributed by atoms with Gasteiger partial charge in [-0.25, -0.2) is 4.98 Å². The normalized spacial score (nSPS) is 12.4. The highest BCUT2D eigenvalue weighted by molar-refractivity contribution is 7.10. The fraction of sp³-hybridized carbons (Fsp3) is 0.167. The molecule has 5 heteroatoms. The van der Waals surface area contributed by atoms with Crippen LogP contribution < -0.4 is 0 Å². The van der Waals surface area contributed by atoms with Crippen molar-refractivity contribution in [2.75, 3.05) is 0 Å². The van der Waals surface area contributed by atoms with Gasteiger partial charge in [-0.1, -0.05) is 23.7 Å². The number of halogens is 1. The molecule has 17 heavy (non-hydrogen) atoms. The van der Waals surface area contributed by atoms with Gasteiger partial charge in [0, 0.05) is 16.0 Å². The third kappa shape index (κ3) is 2.65. The Kier molecular flexibility index (Phi) is 3.45. The zero-order valence-electron chi connectivity index (χ0n) is 9.05. The molecule has 1 atom stereocenters. The summed E-state index contributed by atoms with van der Waals surface area (Å²) in [5.74, 6) is -1.43. The van der Waals surface area contributed by atoms with E-state index in [1.807, 2.05) is 17.5 Å². The zero-order valence-corrected chi connectivity index (χ0v) is 10.6. The van der Waals surface area contributed by atoms with Crippen molar-refractivity contribution in [3.63, 3.8) is 0 Å². The summed E-state index contributed by atoms with van der Waals surface area (Å²) in [5.41, 5.74) is 1.73. The van der Waals surface area contributed by atoms with Crippen LogP contribution in [0.25, 0.3) is 11.3 Å². The lowest BCUT2D eigenvalue weighted by atomic mass is 10.1. The van der Waals surface area contributed by atoms with Crippen LogP contribution in [0.5, 0.6) is 0 Å². The quantitative estimate of drug-likeness (QED) is 0.923. The number of aromatic nitrogens is 1. The summed E-state index contributed by atoms with van der Waals surface area (Å²) < 4.78 is 0. The molecule has 1 aromatic heterocycles. The molecule has 1 heterocycles. The molecule has 0 radical (unpaired) electrons. The van der Waals surface area contributed by atoms with Crippen molar-refractivity contribution in [2.45, 2.75) is 12.8 Å². The van der Waals surface area contributed by atoms with Crippen molar-refractivity contribution >= 4 is 28.9 Å². The van der Waals surface area contributed by atoms with E-state index in [-0.39, 0.29) is 0 Å². The molecule has 3 nitrogen and oxygen atoms in total. The summed E-state index contributed by atoms with van der Waals surface area (Å²) in [4.78, 5) is 15.2. The van der Waals surface area contributed by atoms with Crippen molar-refractivity contribution in [3.05, 3.63) is 39.7 Å². The lowest BCUT2D eigenvalue weighted by Gasteiger charge is -2.00. The number of carboxylic acid groups (broad SMARTS) is 1. The summed E-state index contributed by atoms with van der Waals surface area (Å²) >= 11 is 7.16. The number of carbonyl (C=O) groups is 1. The van der Waals surface area contributed by atoms with Crippen LogP contribution in [0.2, 0.25) is 5.02 Å². The van der Waals surface area contributed by atoms with Gasteiger partial charge in [0.1, 0.15) is 10.9 Å². The number of rotatable bonds is 3. The average Bonchev–Trinajstić information content (AvgIpc) is 2.78. The molecule has 1 N–H and O–H groups in total. The maximum atomic E-state index is 10.8. The van der Waals surface area contributed by atoms with E-state index >= 15 is 0 Å². The molecule has 1 aromatic carbocycles. The Labute approximate surface area is 108 Å². The first kappa shape index (κ1) is 12.1. The molecule has 88 valence electrons. The molecule has 0 aliphatic heterocycles. The van der Waals surface area contributed by atoms with Crippen molar-refractivity contribution in [1.82, 2.24) is 4.98 Å². The highest BCUT2D eigenvalue weighted by Crippen LogP contribution is 2.27. The monoisotopic (exact) mass is 267 g/mol. The van der Waals surface area contributed by atoms with Gasteiger partial charge in [-0.15, -0.1) is 11.3 Å². The summed E-state index contributed by atoms with van der Waals surface area (Å²) in [5, 5.41) is 12.0. The predicted molar refractivity (Wildman–Crippen MR) is 68.6 cm³/mol. The number of thiazole rings is 1. The Morgan fingerprint density at radius 3 is 2.65 bits per heavy atom. The maximum Gasteiger partial charge on any atom is 0.313 e. The molecule has 0 aliphatic rings. The van der Waals surface area contributed by atoms with Crippen LogP contribution in [0.3, 0.4) is 0 Å². The first-order valence-corrected chi connectivity index (χ1v) is 6.28. The summed E-state index contributed by atoms with van der Waals surface area (Å²) in [6.07, 6.45) is 0. The van der Waals surface area contributed by atoms with E-state index in [1.54, 1.807) is 19.1 Å². The van der Waals surface area contributed by atoms with Gasteiger partial charge >= 0.3 is 5.97 Å². The number of aliphatic carboxylic acids is 1. The molecule has 2 rings (SSSR count). The predicted octanol–water partition coefficient (Wildman–Crippen LogP) is 3.65. The molecule has 2 aromatic rings. The minimum Gasteiger partial charge on any atom is -0.481 e. The molecule has 0 saturated heterocycles. The number of benzene rings is 1. The van der Waals surface area contributed by atoms with E-state index in [9.17, 15) is 4.79 Å². The van der Waals surface area contributed by atoms with Crippen LogP contribution in [-0.4, -0.2) is 16.1 Å². The summed E-state index contributed by atoms with van der Waals surface area (Å²) in [6, 6.07) is 7.31. The largest absolute Gasteiger partial charge is 0.481 e. The van der Waals surface area contributed by atoms with Crippen molar-refractivity contribution in [3.8, 4) is 11.3 Å². The number of carboxylic acids is 1. The minimum atomic E-state index is -0.859. The van der Waals surface area contributed by atoms with E-state index in [0.29, 0.717) is 10.0 Å². The molecule has 0 amide bonds. The van der Waals surface area contributed by atoms with E-state index in [1.165, 1.54) is 11.3 Å². The highest BCUT2D eigenvalue weighted by atomic mass is 35.5. The molecule has 0 bridgehead atoms. The van der Waals surface area contributed by atoms with Gasteiger partial charge in [-0.3, -0.25) is 4.79 Å². The lowest BCUT2D eigenvalue weighted by Crippen LogP contribution is -2.06. The molecule has 0 aliphatic carbocycles. The second-order valence-electron chi connectivity index (χ2n) is 3.64. The van der Waals surface area contributed by atoms with Crippen LogP contribution in [0.15, 0.2) is 29.6 Å². The van der Waals surface area contributed by atoms with Crippen molar-refractivity contribution in [2.24, 2.45) is 0 Å². The first-order valence-electron chi connectivity index (χ1n) is 5.02. The molecule has 0 saturated carbocycles. The SMILES string of the molecule is CC(C(=O)O)c1nc(-c2ccc(Cl)cc2)cs1. The van der Waals surface area contributed by atoms with E-state index < -0.39 is 11.9 Å². The van der Waals surface area contributed by atoms with Crippen LogP contribution in [-0.2, 0) is 4.79 Å². The van der Waals surface area contributed by atoms with Gasteiger partial charge in [0.05, 0.1) is 5.69 Å². The molecule has 1 unspecified atom stereocenters. The third-order valence-electron chi connectivity index (χ3n) is 2.40. The third-order valence-corrected chi connectivity index (χ3v) is 3.68. The van der Waals surface area contributed by atoms with Gasteiger partial charge in [-0.05, 0) is 19.1 Å². The van der Waals surface area contributed by atoms with Gasteiger partial charge in [0.15, 0.2) is 0 Å². The molecule has 0 fully saturated rings. The minimum absolute atomic E-state index is 0.568. The average molecular weight is 268 g/mol.